The quantitative estimate of drug-likeness (QED) is 0.691. The molecule has 5 nitrogen and oxygen atoms in total. The Morgan fingerprint density at radius 1 is 1.14 bits per heavy atom. The lowest BCUT2D eigenvalue weighted by atomic mass is 9.97. The Balaban J connectivity index is 2.00. The van der Waals surface area contributed by atoms with Crippen molar-refractivity contribution in [2.75, 3.05) is 20.3 Å². The van der Waals surface area contributed by atoms with Gasteiger partial charge in [0.1, 0.15) is 11.4 Å². The second-order valence-corrected chi connectivity index (χ2v) is 7.07. The summed E-state index contributed by atoms with van der Waals surface area (Å²) >= 11 is 0. The lowest BCUT2D eigenvalue weighted by molar-refractivity contribution is 0.0663. The van der Waals surface area contributed by atoms with E-state index >= 15 is 0 Å². The molecule has 1 aliphatic rings. The highest BCUT2D eigenvalue weighted by Gasteiger charge is 2.42. The third-order valence-electron chi connectivity index (χ3n) is 5.13. The number of hydrogen-bond donors (Lipinski definition) is 0. The van der Waals surface area contributed by atoms with Crippen LogP contribution in [0.25, 0.3) is 11.0 Å². The summed E-state index contributed by atoms with van der Waals surface area (Å²) in [4.78, 5) is 28.1. The van der Waals surface area contributed by atoms with E-state index in [-0.39, 0.29) is 29.5 Å². The SMILES string of the molecule is COCCN1C(=O)c2oc3cc(C)cc(C)c3c(=O)c2[C@@H]1c1ccc(F)cc1. The average molecular weight is 381 g/mol. The van der Waals surface area contributed by atoms with Crippen molar-refractivity contribution in [2.24, 2.45) is 0 Å². The number of amides is 1. The summed E-state index contributed by atoms with van der Waals surface area (Å²) in [5.74, 6) is -0.693. The van der Waals surface area contributed by atoms with Gasteiger partial charge in [-0.15, -0.1) is 0 Å². The molecular weight excluding hydrogens is 361 g/mol. The topological polar surface area (TPSA) is 59.8 Å². The predicted molar refractivity (Wildman–Crippen MR) is 103 cm³/mol. The summed E-state index contributed by atoms with van der Waals surface area (Å²) in [7, 11) is 1.55. The molecule has 28 heavy (non-hydrogen) atoms. The van der Waals surface area contributed by atoms with Crippen LogP contribution >= 0.6 is 0 Å². The maximum absolute atomic E-state index is 13.4. The van der Waals surface area contributed by atoms with Gasteiger partial charge in [-0.3, -0.25) is 9.59 Å². The summed E-state index contributed by atoms with van der Waals surface area (Å²) in [5.41, 5.74) is 2.88. The fourth-order valence-corrected chi connectivity index (χ4v) is 3.93. The van der Waals surface area contributed by atoms with E-state index in [1.54, 1.807) is 30.2 Å². The zero-order chi connectivity index (χ0) is 20.0. The monoisotopic (exact) mass is 381 g/mol. The number of carbonyl (C=O) groups is 1. The molecule has 0 unspecified atom stereocenters. The first kappa shape index (κ1) is 18.4. The van der Waals surface area contributed by atoms with Crippen molar-refractivity contribution in [3.05, 3.63) is 80.5 Å². The first-order valence-electron chi connectivity index (χ1n) is 9.05. The number of halogens is 1. The van der Waals surface area contributed by atoms with Gasteiger partial charge in [0, 0.05) is 13.7 Å². The van der Waals surface area contributed by atoms with Crippen molar-refractivity contribution in [1.82, 2.24) is 4.90 Å². The molecule has 0 saturated carbocycles. The van der Waals surface area contributed by atoms with Gasteiger partial charge in [-0.1, -0.05) is 18.2 Å². The van der Waals surface area contributed by atoms with E-state index in [1.807, 2.05) is 19.9 Å². The van der Waals surface area contributed by atoms with Crippen LogP contribution in [0.1, 0.15) is 38.9 Å². The Kier molecular flexibility index (Phi) is 4.51. The van der Waals surface area contributed by atoms with E-state index in [4.69, 9.17) is 9.15 Å². The molecule has 2 aromatic carbocycles. The minimum atomic E-state index is -0.639. The molecule has 0 saturated heterocycles. The molecule has 0 N–H and O–H groups in total. The van der Waals surface area contributed by atoms with Crippen molar-refractivity contribution in [3.63, 3.8) is 0 Å². The van der Waals surface area contributed by atoms with Gasteiger partial charge in [0.25, 0.3) is 5.91 Å². The van der Waals surface area contributed by atoms with Crippen molar-refractivity contribution in [3.8, 4) is 0 Å². The molecule has 0 aliphatic carbocycles. The molecule has 0 fully saturated rings. The Hall–Kier alpha value is -2.99. The van der Waals surface area contributed by atoms with Gasteiger partial charge in [-0.25, -0.2) is 4.39 Å². The van der Waals surface area contributed by atoms with Gasteiger partial charge in [-0.05, 0) is 48.7 Å². The highest BCUT2D eigenvalue weighted by Crippen LogP contribution is 2.38. The van der Waals surface area contributed by atoms with Gasteiger partial charge in [0.05, 0.1) is 23.6 Å². The fraction of sp³-hybridized carbons (Fsp3) is 0.273. The number of aryl methyl sites for hydroxylation is 2. The summed E-state index contributed by atoms with van der Waals surface area (Å²) in [6, 6.07) is 8.87. The first-order chi connectivity index (χ1) is 13.4. The number of fused-ring (bicyclic) bond motifs is 2. The summed E-state index contributed by atoms with van der Waals surface area (Å²) in [6.07, 6.45) is 0. The maximum Gasteiger partial charge on any atom is 0.290 e. The van der Waals surface area contributed by atoms with E-state index < -0.39 is 6.04 Å². The third kappa shape index (κ3) is 2.81. The molecule has 144 valence electrons. The highest BCUT2D eigenvalue weighted by molar-refractivity contribution is 5.99. The van der Waals surface area contributed by atoms with Crippen molar-refractivity contribution >= 4 is 16.9 Å². The van der Waals surface area contributed by atoms with Crippen molar-refractivity contribution in [2.45, 2.75) is 19.9 Å². The number of rotatable bonds is 4. The molecule has 0 radical (unpaired) electrons. The lowest BCUT2D eigenvalue weighted by Gasteiger charge is -2.24. The summed E-state index contributed by atoms with van der Waals surface area (Å²) in [6.45, 7) is 4.36. The van der Waals surface area contributed by atoms with Crippen LogP contribution in [0.5, 0.6) is 0 Å². The van der Waals surface area contributed by atoms with Crippen LogP contribution < -0.4 is 5.43 Å². The number of carbonyl (C=O) groups excluding carboxylic acids is 1. The van der Waals surface area contributed by atoms with Gasteiger partial charge in [0.2, 0.25) is 5.76 Å². The highest BCUT2D eigenvalue weighted by atomic mass is 19.1. The largest absolute Gasteiger partial charge is 0.450 e. The minimum absolute atomic E-state index is 0.0490. The maximum atomic E-state index is 13.4. The predicted octanol–water partition coefficient (Wildman–Crippen LogP) is 3.74. The average Bonchev–Trinajstić information content (AvgIpc) is 2.92. The normalized spacial score (nSPS) is 16.1. The van der Waals surface area contributed by atoms with E-state index in [1.165, 1.54) is 12.1 Å². The Labute approximate surface area is 161 Å². The van der Waals surface area contributed by atoms with Gasteiger partial charge >= 0.3 is 0 Å². The fourth-order valence-electron chi connectivity index (χ4n) is 3.93. The minimum Gasteiger partial charge on any atom is -0.450 e. The number of hydrogen-bond acceptors (Lipinski definition) is 4. The van der Waals surface area contributed by atoms with E-state index in [9.17, 15) is 14.0 Å². The van der Waals surface area contributed by atoms with Crippen molar-refractivity contribution in [1.29, 1.82) is 0 Å². The zero-order valence-electron chi connectivity index (χ0n) is 15.9. The lowest BCUT2D eigenvalue weighted by Crippen LogP contribution is -2.32. The summed E-state index contributed by atoms with van der Waals surface area (Å²) in [5, 5.41) is 0.470. The van der Waals surface area contributed by atoms with Crippen molar-refractivity contribution < 1.29 is 18.3 Å². The molecule has 1 aliphatic heterocycles. The molecule has 0 spiro atoms. The van der Waals surface area contributed by atoms with Crippen LogP contribution in [0.15, 0.2) is 45.6 Å². The number of benzene rings is 2. The van der Waals surface area contributed by atoms with Crippen LogP contribution in [-0.4, -0.2) is 31.1 Å². The molecule has 1 amide bonds. The second kappa shape index (κ2) is 6.87. The number of nitrogens with zero attached hydrogens (tertiary/aromatic N) is 1. The zero-order valence-corrected chi connectivity index (χ0v) is 15.9. The number of ether oxygens (including phenoxy) is 1. The van der Waals surface area contributed by atoms with Crippen LogP contribution in [0.3, 0.4) is 0 Å². The molecule has 6 heteroatoms. The molecular formula is C22H20FNO4. The van der Waals surface area contributed by atoms with Crippen LogP contribution in [0, 0.1) is 19.7 Å². The van der Waals surface area contributed by atoms with Crippen LogP contribution in [0.4, 0.5) is 4.39 Å². The smallest absolute Gasteiger partial charge is 0.290 e. The van der Waals surface area contributed by atoms with E-state index in [0.717, 1.165) is 11.1 Å². The van der Waals surface area contributed by atoms with Crippen LogP contribution in [-0.2, 0) is 4.74 Å². The standard InChI is InChI=1S/C22H20FNO4/c1-12-10-13(2)17-16(11-12)28-21-18(20(17)25)19(14-4-6-15(23)7-5-14)24(22(21)26)8-9-27-3/h4-7,10-11,19H,8-9H2,1-3H3/t19-/m0/s1. The molecule has 1 aromatic heterocycles. The first-order valence-corrected chi connectivity index (χ1v) is 9.05. The second-order valence-electron chi connectivity index (χ2n) is 7.07. The Morgan fingerprint density at radius 2 is 1.86 bits per heavy atom. The molecule has 1 atom stereocenters. The Bertz CT molecular complexity index is 1130. The van der Waals surface area contributed by atoms with Gasteiger partial charge in [0.15, 0.2) is 5.43 Å². The Morgan fingerprint density at radius 3 is 2.54 bits per heavy atom. The summed E-state index contributed by atoms with van der Waals surface area (Å²) < 4.78 is 24.5. The molecule has 2 heterocycles. The van der Waals surface area contributed by atoms with Crippen LogP contribution in [0.2, 0.25) is 0 Å². The molecule has 0 bridgehead atoms. The van der Waals surface area contributed by atoms with E-state index in [0.29, 0.717) is 28.7 Å². The van der Waals surface area contributed by atoms with Gasteiger partial charge in [-0.2, -0.15) is 0 Å². The molecule has 3 aromatic rings. The van der Waals surface area contributed by atoms with E-state index in [2.05, 4.69) is 0 Å². The van der Waals surface area contributed by atoms with Gasteiger partial charge < -0.3 is 14.1 Å². The molecule has 4 rings (SSSR count). The third-order valence-corrected chi connectivity index (χ3v) is 5.13. The number of methoxy groups -OCH3 is 1.